The van der Waals surface area contributed by atoms with Gasteiger partial charge in [-0.3, -0.25) is 10.1 Å². The molecule has 0 aromatic heterocycles. The van der Waals surface area contributed by atoms with Crippen molar-refractivity contribution in [2.75, 3.05) is 5.88 Å². The number of fused-ring (bicyclic) bond motifs is 5. The van der Waals surface area contributed by atoms with Gasteiger partial charge in [0.25, 0.3) is 0 Å². The van der Waals surface area contributed by atoms with Crippen molar-refractivity contribution in [2.45, 2.75) is 25.3 Å². The Morgan fingerprint density at radius 2 is 1.81 bits per heavy atom. The lowest BCUT2D eigenvalue weighted by Gasteiger charge is -2.10. The van der Waals surface area contributed by atoms with Crippen LogP contribution in [0.1, 0.15) is 19.3 Å². The highest BCUT2D eigenvalue weighted by Gasteiger charge is 2.65. The summed E-state index contributed by atoms with van der Waals surface area (Å²) in [7, 11) is 0. The SMILES string of the molecule is O=C(CCl)NC(=O)NC1C2C3CCC(C3)C12. The number of carbonyl (C=O) groups excluding carboxylic acids is 2. The highest BCUT2D eigenvalue weighted by atomic mass is 35.5. The highest BCUT2D eigenvalue weighted by Crippen LogP contribution is 2.65. The third kappa shape index (κ3) is 1.51. The van der Waals surface area contributed by atoms with E-state index in [4.69, 9.17) is 11.6 Å². The maximum atomic E-state index is 11.4. The van der Waals surface area contributed by atoms with Crippen LogP contribution in [-0.2, 0) is 4.79 Å². The zero-order chi connectivity index (χ0) is 11.3. The quantitative estimate of drug-likeness (QED) is 0.713. The summed E-state index contributed by atoms with van der Waals surface area (Å²) in [6.45, 7) is 0. The molecule has 3 amide bonds. The van der Waals surface area contributed by atoms with Crippen LogP contribution in [0.5, 0.6) is 0 Å². The van der Waals surface area contributed by atoms with E-state index in [2.05, 4.69) is 10.6 Å². The van der Waals surface area contributed by atoms with Crippen molar-refractivity contribution in [3.63, 3.8) is 0 Å². The Morgan fingerprint density at radius 3 is 2.38 bits per heavy atom. The van der Waals surface area contributed by atoms with Gasteiger partial charge in [0, 0.05) is 6.04 Å². The van der Waals surface area contributed by atoms with Crippen LogP contribution < -0.4 is 10.6 Å². The molecule has 0 heterocycles. The van der Waals surface area contributed by atoms with Gasteiger partial charge in [0.1, 0.15) is 5.88 Å². The Balaban J connectivity index is 1.51. The van der Waals surface area contributed by atoms with Crippen LogP contribution in [0.4, 0.5) is 4.79 Å². The molecule has 2 N–H and O–H groups in total. The molecule has 3 aliphatic rings. The van der Waals surface area contributed by atoms with Crippen LogP contribution in [-0.4, -0.2) is 23.9 Å². The van der Waals surface area contributed by atoms with Gasteiger partial charge in [0.2, 0.25) is 5.91 Å². The Hall–Kier alpha value is -0.770. The van der Waals surface area contributed by atoms with E-state index in [0.717, 1.165) is 11.8 Å². The number of rotatable bonds is 2. The lowest BCUT2D eigenvalue weighted by atomic mass is 10.0. The summed E-state index contributed by atoms with van der Waals surface area (Å²) in [6.07, 6.45) is 4.01. The summed E-state index contributed by atoms with van der Waals surface area (Å²) >= 11 is 5.31. The van der Waals surface area contributed by atoms with E-state index in [-0.39, 0.29) is 11.9 Å². The first-order valence-corrected chi connectivity index (χ1v) is 6.40. The molecule has 16 heavy (non-hydrogen) atoms. The van der Waals surface area contributed by atoms with Crippen molar-refractivity contribution in [1.82, 2.24) is 10.6 Å². The molecule has 88 valence electrons. The number of imide groups is 1. The maximum absolute atomic E-state index is 11.4. The summed E-state index contributed by atoms with van der Waals surface area (Å²) in [5.41, 5.74) is 0. The fraction of sp³-hybridized carbons (Fsp3) is 0.818. The number of hydrogen-bond donors (Lipinski definition) is 2. The molecule has 4 nitrogen and oxygen atoms in total. The van der Waals surface area contributed by atoms with Crippen molar-refractivity contribution >= 4 is 23.5 Å². The van der Waals surface area contributed by atoms with Crippen LogP contribution in [0.3, 0.4) is 0 Å². The second kappa shape index (κ2) is 3.62. The van der Waals surface area contributed by atoms with Gasteiger partial charge in [0.15, 0.2) is 0 Å². The van der Waals surface area contributed by atoms with E-state index in [9.17, 15) is 9.59 Å². The molecule has 4 atom stereocenters. The lowest BCUT2D eigenvalue weighted by molar-refractivity contribution is -0.117. The molecule has 3 saturated carbocycles. The largest absolute Gasteiger partial charge is 0.334 e. The van der Waals surface area contributed by atoms with Gasteiger partial charge in [-0.2, -0.15) is 0 Å². The molecule has 5 heteroatoms. The van der Waals surface area contributed by atoms with E-state index < -0.39 is 5.91 Å². The number of carbonyl (C=O) groups is 2. The summed E-state index contributed by atoms with van der Waals surface area (Å²) in [5, 5.41) is 5.11. The summed E-state index contributed by atoms with van der Waals surface area (Å²) in [5.74, 6) is 2.42. The van der Waals surface area contributed by atoms with Crippen LogP contribution in [0.15, 0.2) is 0 Å². The van der Waals surface area contributed by atoms with Crippen LogP contribution in [0.25, 0.3) is 0 Å². The van der Waals surface area contributed by atoms with Gasteiger partial charge in [-0.25, -0.2) is 4.79 Å². The molecule has 0 spiro atoms. The van der Waals surface area contributed by atoms with Gasteiger partial charge >= 0.3 is 6.03 Å². The molecule has 2 bridgehead atoms. The molecule has 4 unspecified atom stereocenters. The van der Waals surface area contributed by atoms with E-state index >= 15 is 0 Å². The minimum atomic E-state index is -0.437. The van der Waals surface area contributed by atoms with E-state index in [1.807, 2.05) is 0 Å². The number of amides is 3. The molecule has 3 aliphatic carbocycles. The monoisotopic (exact) mass is 242 g/mol. The van der Waals surface area contributed by atoms with Crippen LogP contribution in [0, 0.1) is 23.7 Å². The second-order valence-electron chi connectivity index (χ2n) is 5.17. The fourth-order valence-corrected chi connectivity index (χ4v) is 3.93. The number of hydrogen-bond acceptors (Lipinski definition) is 2. The van der Waals surface area contributed by atoms with E-state index in [1.54, 1.807) is 0 Å². The van der Waals surface area contributed by atoms with Crippen LogP contribution >= 0.6 is 11.6 Å². The number of halogens is 1. The van der Waals surface area contributed by atoms with E-state index in [0.29, 0.717) is 17.9 Å². The molecule has 0 radical (unpaired) electrons. The minimum absolute atomic E-state index is 0.170. The number of nitrogens with one attached hydrogen (secondary N) is 2. The molecule has 0 aromatic carbocycles. The first-order valence-electron chi connectivity index (χ1n) is 5.87. The standard InChI is InChI=1S/C11H15ClN2O2/c12-4-7(15)13-11(16)14-10-8-5-1-2-6(3-5)9(8)10/h5-6,8-10H,1-4H2,(H2,13,14,15,16). The number of urea groups is 1. The van der Waals surface area contributed by atoms with Gasteiger partial charge < -0.3 is 5.32 Å². The zero-order valence-corrected chi connectivity index (χ0v) is 9.67. The van der Waals surface area contributed by atoms with Crippen molar-refractivity contribution in [3.05, 3.63) is 0 Å². The Labute approximate surface area is 99.1 Å². The normalized spacial score (nSPS) is 42.7. The van der Waals surface area contributed by atoms with Crippen LogP contribution in [0.2, 0.25) is 0 Å². The number of alkyl halides is 1. The Kier molecular flexibility index (Phi) is 2.35. The molecule has 3 fully saturated rings. The van der Waals surface area contributed by atoms with Crippen molar-refractivity contribution in [3.8, 4) is 0 Å². The molecular formula is C11H15ClN2O2. The first-order chi connectivity index (χ1) is 7.70. The smallest absolute Gasteiger partial charge is 0.321 e. The maximum Gasteiger partial charge on any atom is 0.321 e. The predicted molar refractivity (Wildman–Crippen MR) is 59.0 cm³/mol. The second-order valence-corrected chi connectivity index (χ2v) is 5.44. The third-order valence-corrected chi connectivity index (χ3v) is 4.65. The van der Waals surface area contributed by atoms with Gasteiger partial charge in [-0.15, -0.1) is 11.6 Å². The molecular weight excluding hydrogens is 228 g/mol. The van der Waals surface area contributed by atoms with Crippen molar-refractivity contribution in [2.24, 2.45) is 23.7 Å². The first kappa shape index (κ1) is 10.4. The van der Waals surface area contributed by atoms with Gasteiger partial charge in [0.05, 0.1) is 0 Å². The van der Waals surface area contributed by atoms with Gasteiger partial charge in [-0.1, -0.05) is 0 Å². The molecule has 3 rings (SSSR count). The lowest BCUT2D eigenvalue weighted by Crippen LogP contribution is -2.42. The minimum Gasteiger partial charge on any atom is -0.334 e. The molecule has 0 aromatic rings. The Morgan fingerprint density at radius 1 is 1.19 bits per heavy atom. The van der Waals surface area contributed by atoms with Crippen molar-refractivity contribution in [1.29, 1.82) is 0 Å². The fourth-order valence-electron chi connectivity index (χ4n) is 3.87. The topological polar surface area (TPSA) is 58.2 Å². The van der Waals surface area contributed by atoms with Crippen molar-refractivity contribution < 1.29 is 9.59 Å². The molecule has 0 saturated heterocycles. The average molecular weight is 243 g/mol. The van der Waals surface area contributed by atoms with Gasteiger partial charge in [-0.05, 0) is 42.9 Å². The highest BCUT2D eigenvalue weighted by molar-refractivity contribution is 6.28. The van der Waals surface area contributed by atoms with E-state index in [1.165, 1.54) is 19.3 Å². The predicted octanol–water partition coefficient (Wildman–Crippen LogP) is 1.10. The summed E-state index contributed by atoms with van der Waals surface area (Å²) < 4.78 is 0. The zero-order valence-electron chi connectivity index (χ0n) is 8.91. The summed E-state index contributed by atoms with van der Waals surface area (Å²) in [4.78, 5) is 22.3. The summed E-state index contributed by atoms with van der Waals surface area (Å²) in [6, 6.07) is -0.0705. The average Bonchev–Trinajstić information content (AvgIpc) is 2.69. The third-order valence-electron chi connectivity index (χ3n) is 4.41. The molecule has 0 aliphatic heterocycles. The Bertz CT molecular complexity index is 331.